The standard InChI is InChI=1S/C36H42N2O15/c1-16-17(2)31(44)51-30-26(50-21-10-13-37-14-11-21)28(43)35(52-20(5)41)27(42)25(48-18(3)39)23-29(49-19(4)40)36(35,34(30,7)46)53-33(23,6)15-47-32(45)22-9-8-12-38-24(16)22/h8-14,16-17,23,25-30,42-43,46H,15H2,1-7H3. The number of carbonyl (C=O) groups excluding carboxylic acids is 5. The predicted octanol–water partition coefficient (Wildman–Crippen LogP) is 0.555. The number of hydrogen-bond acceptors (Lipinski definition) is 17. The van der Waals surface area contributed by atoms with Crippen LogP contribution in [0.1, 0.15) is 70.4 Å². The summed E-state index contributed by atoms with van der Waals surface area (Å²) in [5.41, 5.74) is -10.2. The molecule has 2 aromatic heterocycles. The molecule has 3 fully saturated rings. The summed E-state index contributed by atoms with van der Waals surface area (Å²) in [5, 5.41) is 38.3. The van der Waals surface area contributed by atoms with Gasteiger partial charge in [0.2, 0.25) is 5.60 Å². The summed E-state index contributed by atoms with van der Waals surface area (Å²) in [6, 6.07) is 5.75. The van der Waals surface area contributed by atoms with Crippen LogP contribution >= 0.6 is 0 Å². The molecule has 1 spiro atoms. The largest absolute Gasteiger partial charge is 0.483 e. The zero-order valence-electron chi connectivity index (χ0n) is 30.1. The number of ether oxygens (including phenoxy) is 7. The molecule has 13 atom stereocenters. The van der Waals surface area contributed by atoms with E-state index in [4.69, 9.17) is 33.2 Å². The van der Waals surface area contributed by atoms with E-state index in [1.165, 1.54) is 56.7 Å². The summed E-state index contributed by atoms with van der Waals surface area (Å²) in [6.45, 7) is 7.97. The number of aliphatic hydroxyl groups excluding tert-OH is 2. The van der Waals surface area contributed by atoms with Gasteiger partial charge in [-0.2, -0.15) is 0 Å². The first-order valence-electron chi connectivity index (χ1n) is 17.1. The highest BCUT2D eigenvalue weighted by Gasteiger charge is 2.92. The lowest BCUT2D eigenvalue weighted by Gasteiger charge is -2.66. The number of esters is 5. The highest BCUT2D eigenvalue weighted by atomic mass is 16.7. The van der Waals surface area contributed by atoms with Crippen molar-refractivity contribution < 1.29 is 72.5 Å². The average Bonchev–Trinajstić information content (AvgIpc) is 3.32. The van der Waals surface area contributed by atoms with Gasteiger partial charge in [-0.25, -0.2) is 4.79 Å². The molecule has 3 N–H and O–H groups in total. The van der Waals surface area contributed by atoms with Crippen LogP contribution < -0.4 is 4.74 Å². The molecular weight excluding hydrogens is 700 g/mol. The van der Waals surface area contributed by atoms with Crippen molar-refractivity contribution in [2.45, 2.75) is 113 Å². The molecule has 1 saturated heterocycles. The van der Waals surface area contributed by atoms with Gasteiger partial charge in [-0.05, 0) is 38.1 Å². The first-order chi connectivity index (χ1) is 24.8. The Hall–Kier alpha value is -4.71. The minimum Gasteiger partial charge on any atom is -0.483 e. The summed E-state index contributed by atoms with van der Waals surface area (Å²) in [7, 11) is 0. The second kappa shape index (κ2) is 13.3. The lowest BCUT2D eigenvalue weighted by atomic mass is 9.50. The fourth-order valence-corrected chi connectivity index (χ4v) is 8.69. The number of carbonyl (C=O) groups is 5. The Labute approximate surface area is 303 Å². The van der Waals surface area contributed by atoms with Gasteiger partial charge < -0.3 is 48.5 Å². The van der Waals surface area contributed by atoms with Crippen LogP contribution in [0.2, 0.25) is 0 Å². The molecule has 2 saturated carbocycles. The Morgan fingerprint density at radius 2 is 1.53 bits per heavy atom. The van der Waals surface area contributed by atoms with Gasteiger partial charge in [-0.1, -0.05) is 13.8 Å². The maximum atomic E-state index is 14.2. The van der Waals surface area contributed by atoms with Gasteiger partial charge in [0, 0.05) is 45.3 Å². The molecule has 2 aromatic rings. The second-order valence-electron chi connectivity index (χ2n) is 14.4. The van der Waals surface area contributed by atoms with E-state index in [9.17, 15) is 39.3 Å². The van der Waals surface area contributed by atoms with Gasteiger partial charge in [0.15, 0.2) is 17.8 Å². The smallest absolute Gasteiger partial charge is 0.340 e. The molecule has 2 aliphatic heterocycles. The van der Waals surface area contributed by atoms with E-state index < -0.39 is 113 Å². The molecule has 4 heterocycles. The quantitative estimate of drug-likeness (QED) is 0.280. The van der Waals surface area contributed by atoms with Crippen molar-refractivity contribution in [3.63, 3.8) is 0 Å². The summed E-state index contributed by atoms with van der Waals surface area (Å²) >= 11 is 0. The highest BCUT2D eigenvalue weighted by molar-refractivity contribution is 5.91. The topological polar surface area (TPSA) is 236 Å². The molecule has 286 valence electrons. The van der Waals surface area contributed by atoms with Crippen molar-refractivity contribution in [2.24, 2.45) is 11.8 Å². The monoisotopic (exact) mass is 742 g/mol. The van der Waals surface area contributed by atoms with E-state index in [1.807, 2.05) is 0 Å². The molecule has 17 nitrogen and oxygen atoms in total. The summed E-state index contributed by atoms with van der Waals surface area (Å²) in [6.07, 6.45) is -7.92. The minimum atomic E-state index is -2.92. The first kappa shape index (κ1) is 38.0. The van der Waals surface area contributed by atoms with Crippen LogP contribution in [0, 0.1) is 11.8 Å². The maximum Gasteiger partial charge on any atom is 0.340 e. The van der Waals surface area contributed by atoms with Crippen LogP contribution in [-0.4, -0.2) is 121 Å². The number of nitrogens with zero attached hydrogens (tertiary/aromatic N) is 2. The Balaban J connectivity index is 1.70. The van der Waals surface area contributed by atoms with E-state index in [0.29, 0.717) is 0 Å². The highest BCUT2D eigenvalue weighted by Crippen LogP contribution is 2.66. The number of fused-ring (bicyclic) bond motifs is 5. The van der Waals surface area contributed by atoms with Crippen LogP contribution in [0.25, 0.3) is 0 Å². The average molecular weight is 743 g/mol. The molecule has 13 unspecified atom stereocenters. The minimum absolute atomic E-state index is 0.00307. The van der Waals surface area contributed by atoms with E-state index in [1.54, 1.807) is 6.92 Å². The molecule has 53 heavy (non-hydrogen) atoms. The van der Waals surface area contributed by atoms with Crippen LogP contribution in [0.5, 0.6) is 5.75 Å². The molecule has 0 radical (unpaired) electrons. The number of hydrogen-bond donors (Lipinski definition) is 3. The fraction of sp³-hybridized carbons (Fsp3) is 0.583. The lowest BCUT2D eigenvalue weighted by molar-refractivity contribution is -0.395. The third kappa shape index (κ3) is 5.63. The third-order valence-corrected chi connectivity index (χ3v) is 11.0. The number of rotatable bonds is 5. The number of pyridine rings is 2. The normalized spacial score (nSPS) is 40.5. The number of aromatic nitrogens is 2. The van der Waals surface area contributed by atoms with Crippen molar-refractivity contribution in [1.29, 1.82) is 0 Å². The lowest BCUT2D eigenvalue weighted by Crippen LogP contribution is -2.92. The molecule has 4 bridgehead atoms. The van der Waals surface area contributed by atoms with Gasteiger partial charge in [0.25, 0.3) is 0 Å². The predicted molar refractivity (Wildman–Crippen MR) is 175 cm³/mol. The van der Waals surface area contributed by atoms with E-state index >= 15 is 0 Å². The Morgan fingerprint density at radius 1 is 0.887 bits per heavy atom. The zero-order valence-corrected chi connectivity index (χ0v) is 30.1. The molecule has 0 aromatic carbocycles. The van der Waals surface area contributed by atoms with Gasteiger partial charge in [0.05, 0.1) is 23.1 Å². The number of cyclic esters (lactones) is 1. The van der Waals surface area contributed by atoms with E-state index in [0.717, 1.165) is 27.7 Å². The summed E-state index contributed by atoms with van der Waals surface area (Å²) in [5.74, 6) is -8.19. The van der Waals surface area contributed by atoms with Crippen LogP contribution in [0.15, 0.2) is 42.9 Å². The molecule has 17 heteroatoms. The van der Waals surface area contributed by atoms with E-state index in [2.05, 4.69) is 9.97 Å². The maximum absolute atomic E-state index is 14.2. The van der Waals surface area contributed by atoms with Crippen LogP contribution in [0.3, 0.4) is 0 Å². The summed E-state index contributed by atoms with van der Waals surface area (Å²) in [4.78, 5) is 75.2. The fourth-order valence-electron chi connectivity index (χ4n) is 8.69. The Bertz CT molecular complexity index is 1810. The SMILES string of the molecule is CC(=O)OC1C2C(OC(C)=O)C34OC2(C)COC(=O)c2cccnc2C(C)C(C)C(=O)OC(C(Oc2ccncc2)C(O)C3(OC(C)=O)C1O)C4(C)O. The van der Waals surface area contributed by atoms with Gasteiger partial charge in [-0.3, -0.25) is 29.1 Å². The van der Waals surface area contributed by atoms with Crippen molar-refractivity contribution in [3.8, 4) is 5.75 Å². The molecule has 2 aliphatic carbocycles. The van der Waals surface area contributed by atoms with Gasteiger partial charge in [-0.15, -0.1) is 0 Å². The second-order valence-corrected chi connectivity index (χ2v) is 14.4. The van der Waals surface area contributed by atoms with E-state index in [-0.39, 0.29) is 17.0 Å². The Kier molecular flexibility index (Phi) is 9.54. The zero-order chi connectivity index (χ0) is 38.8. The van der Waals surface area contributed by atoms with Gasteiger partial charge >= 0.3 is 29.8 Å². The summed E-state index contributed by atoms with van der Waals surface area (Å²) < 4.78 is 42.4. The molecule has 4 aliphatic rings. The van der Waals surface area contributed by atoms with Crippen molar-refractivity contribution in [3.05, 3.63) is 54.1 Å². The molecule has 6 rings (SSSR count). The number of aliphatic hydroxyl groups is 3. The van der Waals surface area contributed by atoms with Crippen molar-refractivity contribution in [2.75, 3.05) is 6.61 Å². The van der Waals surface area contributed by atoms with Gasteiger partial charge in [0.1, 0.15) is 48.0 Å². The molecular formula is C36H42N2O15. The molecule has 0 amide bonds. The first-order valence-corrected chi connectivity index (χ1v) is 17.1. The Morgan fingerprint density at radius 3 is 2.15 bits per heavy atom. The van der Waals surface area contributed by atoms with Crippen LogP contribution in [-0.2, 0) is 47.6 Å². The van der Waals surface area contributed by atoms with Crippen molar-refractivity contribution >= 4 is 29.8 Å². The van der Waals surface area contributed by atoms with Crippen LogP contribution in [0.4, 0.5) is 0 Å². The van der Waals surface area contributed by atoms with Crippen molar-refractivity contribution in [1.82, 2.24) is 9.97 Å². The third-order valence-electron chi connectivity index (χ3n) is 11.0.